The van der Waals surface area contributed by atoms with Crippen molar-refractivity contribution < 1.29 is 23.9 Å². The van der Waals surface area contributed by atoms with Gasteiger partial charge >= 0.3 is 6.09 Å². The Hall–Kier alpha value is -5.85. The number of amides is 3. The number of hydrogen-bond donors (Lipinski definition) is 4. The maximum absolute atomic E-state index is 14.1. The number of imidazole rings is 2. The number of fused-ring (bicyclic) bond motifs is 6. The van der Waals surface area contributed by atoms with Gasteiger partial charge in [0.15, 0.2) is 5.88 Å². The van der Waals surface area contributed by atoms with Crippen molar-refractivity contribution in [1.29, 1.82) is 0 Å². The van der Waals surface area contributed by atoms with Crippen molar-refractivity contribution in [1.82, 2.24) is 40.4 Å². The van der Waals surface area contributed by atoms with Crippen LogP contribution in [0.4, 0.5) is 4.79 Å². The summed E-state index contributed by atoms with van der Waals surface area (Å²) in [7, 11) is 2.87. The molecule has 13 nitrogen and oxygen atoms in total. The van der Waals surface area contributed by atoms with E-state index in [9.17, 15) is 14.4 Å². The Morgan fingerprint density at radius 3 is 1.92 bits per heavy atom. The number of ether oxygens (including phenoxy) is 2. The number of likely N-dealkylation sites (tertiary alicyclic amines) is 2. The van der Waals surface area contributed by atoms with E-state index >= 15 is 0 Å². The van der Waals surface area contributed by atoms with E-state index in [0.29, 0.717) is 24.3 Å². The van der Waals surface area contributed by atoms with Gasteiger partial charge in [0.05, 0.1) is 30.9 Å². The molecule has 4 heterocycles. The van der Waals surface area contributed by atoms with E-state index < -0.39 is 29.3 Å². The predicted molar refractivity (Wildman–Crippen MR) is 230 cm³/mol. The van der Waals surface area contributed by atoms with Crippen LogP contribution in [0.2, 0.25) is 0 Å². The van der Waals surface area contributed by atoms with Gasteiger partial charge in [0.2, 0.25) is 11.8 Å². The summed E-state index contributed by atoms with van der Waals surface area (Å²) < 4.78 is 10.1. The summed E-state index contributed by atoms with van der Waals surface area (Å²) in [6.45, 7) is 13.2. The zero-order chi connectivity index (χ0) is 42.1. The Kier molecular flexibility index (Phi) is 9.90. The minimum Gasteiger partial charge on any atom is -0.483 e. The number of H-pyrrole nitrogens is 2. The van der Waals surface area contributed by atoms with Crippen LogP contribution < -0.4 is 10.6 Å². The number of hydrogen-bond acceptors (Lipinski definition) is 8. The number of rotatable bonds is 12. The molecule has 4 N–H and O–H groups in total. The van der Waals surface area contributed by atoms with Gasteiger partial charge < -0.3 is 39.9 Å². The van der Waals surface area contributed by atoms with E-state index in [1.807, 2.05) is 38.8 Å². The molecule has 3 amide bonds. The van der Waals surface area contributed by atoms with E-state index in [-0.39, 0.29) is 23.7 Å². The van der Waals surface area contributed by atoms with Crippen molar-refractivity contribution >= 4 is 39.7 Å². The molecule has 60 heavy (non-hydrogen) atoms. The standard InChI is InChI=1S/C47H56N8O5/c1-26(2)39(49-28(5)59-6)41(56)54-24-29-14-16-46(54,21-29)43-48-23-38(52-43)35-11-10-31-18-32(8-9-33(31)19-35)34-12-13-36-37(20-34)51-44(50-36)47-17-15-30(22-47)25-55(47)42(57)40(27(3)4)53-45(58)60-7/h8-13,18-20,23,26-27,29-30,39-40,49H,5,14-17,21-22,24-25H2,1-4,6-7H3,(H,48,52)(H,50,51)(H,53,58)/t29-,30-,39+,40+,46+,47+/m1/s1. The largest absolute Gasteiger partial charge is 0.483 e. The van der Waals surface area contributed by atoms with Gasteiger partial charge in [-0.05, 0) is 115 Å². The fourth-order valence-corrected chi connectivity index (χ4v) is 10.7. The zero-order valence-corrected chi connectivity index (χ0v) is 35.4. The minimum atomic E-state index is -0.686. The smallest absolute Gasteiger partial charge is 0.407 e. The first-order valence-electron chi connectivity index (χ1n) is 21.4. The molecular formula is C47H56N8O5. The van der Waals surface area contributed by atoms with Gasteiger partial charge in [0.1, 0.15) is 34.8 Å². The molecule has 5 aromatic rings. The SMILES string of the molecule is C=C(N[C@H](C(=O)N1C[C@@H]2CC[C@@]1(c1nc(-c3ccc4cc(-c5ccc6[nH]c([C@@]78CC[C@@H](CN7C(=O)[C@@H](NC(=O)OC)C(C)C)C8)nc6c5)ccc4c3)c[nH]1)C2)C(C)C)OC. The van der Waals surface area contributed by atoms with Crippen LogP contribution in [0.5, 0.6) is 0 Å². The number of piperidine rings is 2. The third-order valence-electron chi connectivity index (χ3n) is 13.9. The number of alkyl carbamates (subject to hydrolysis) is 1. The lowest BCUT2D eigenvalue weighted by Gasteiger charge is -2.40. The molecule has 6 atom stereocenters. The topological polar surface area (TPSA) is 158 Å². The average molecular weight is 813 g/mol. The number of aromatic nitrogens is 4. The number of nitrogens with one attached hydrogen (secondary N) is 4. The van der Waals surface area contributed by atoms with Crippen molar-refractivity contribution in [2.45, 2.75) is 89.4 Å². The molecule has 2 saturated heterocycles. The minimum absolute atomic E-state index is 0.0520. The summed E-state index contributed by atoms with van der Waals surface area (Å²) >= 11 is 0. The Morgan fingerprint density at radius 1 is 0.750 bits per heavy atom. The fraction of sp³-hybridized carbons (Fsp3) is 0.468. The molecule has 2 aliphatic carbocycles. The van der Waals surface area contributed by atoms with Crippen molar-refractivity contribution in [2.24, 2.45) is 23.7 Å². The number of aromatic amines is 2. The molecule has 4 bridgehead atoms. The first kappa shape index (κ1) is 39.6. The summed E-state index contributed by atoms with van der Waals surface area (Å²) in [4.78, 5) is 61.8. The summed E-state index contributed by atoms with van der Waals surface area (Å²) in [5.74, 6) is 2.81. The molecule has 2 aromatic heterocycles. The second-order valence-electron chi connectivity index (χ2n) is 18.3. The number of nitrogens with zero attached hydrogens (tertiary/aromatic N) is 4. The molecule has 0 unspecified atom stereocenters. The lowest BCUT2D eigenvalue weighted by atomic mass is 9.93. The molecule has 4 aliphatic rings. The second kappa shape index (κ2) is 15.0. The van der Waals surface area contributed by atoms with Crippen LogP contribution in [-0.2, 0) is 30.1 Å². The van der Waals surface area contributed by atoms with Crippen LogP contribution in [0, 0.1) is 23.7 Å². The van der Waals surface area contributed by atoms with Crippen LogP contribution in [0.1, 0.15) is 77.9 Å². The average Bonchev–Trinajstić information content (AvgIpc) is 4.12. The van der Waals surface area contributed by atoms with Gasteiger partial charge in [-0.1, -0.05) is 58.0 Å². The Labute approximate surface area is 350 Å². The van der Waals surface area contributed by atoms with Gasteiger partial charge in [-0.3, -0.25) is 9.59 Å². The van der Waals surface area contributed by atoms with Crippen LogP contribution in [-0.4, -0.2) is 87.0 Å². The van der Waals surface area contributed by atoms with E-state index in [0.717, 1.165) is 101 Å². The highest BCUT2D eigenvalue weighted by Gasteiger charge is 2.58. The van der Waals surface area contributed by atoms with Crippen molar-refractivity contribution in [2.75, 3.05) is 27.3 Å². The summed E-state index contributed by atoms with van der Waals surface area (Å²) in [5.41, 5.74) is 4.78. The molecule has 9 rings (SSSR count). The first-order chi connectivity index (χ1) is 28.8. The van der Waals surface area contributed by atoms with E-state index in [4.69, 9.17) is 19.4 Å². The van der Waals surface area contributed by atoms with Crippen LogP contribution in [0.3, 0.4) is 0 Å². The first-order valence-corrected chi connectivity index (χ1v) is 21.4. The fourth-order valence-electron chi connectivity index (χ4n) is 10.7. The van der Waals surface area contributed by atoms with Crippen LogP contribution in [0.15, 0.2) is 73.3 Å². The third kappa shape index (κ3) is 6.57. The van der Waals surface area contributed by atoms with Gasteiger partial charge in [-0.15, -0.1) is 0 Å². The quantitative estimate of drug-likeness (QED) is 0.0941. The highest BCUT2D eigenvalue weighted by atomic mass is 16.5. The maximum atomic E-state index is 14.1. The lowest BCUT2D eigenvalue weighted by molar-refractivity contribution is -0.141. The van der Waals surface area contributed by atoms with Crippen molar-refractivity contribution in [3.05, 3.63) is 84.9 Å². The van der Waals surface area contributed by atoms with E-state index in [2.05, 4.69) is 86.7 Å². The Balaban J connectivity index is 0.952. The highest BCUT2D eigenvalue weighted by Crippen LogP contribution is 2.54. The van der Waals surface area contributed by atoms with Gasteiger partial charge in [-0.2, -0.15) is 0 Å². The molecule has 0 radical (unpaired) electrons. The molecule has 2 aliphatic heterocycles. The number of carbonyl (C=O) groups is 3. The molecule has 0 spiro atoms. The van der Waals surface area contributed by atoms with E-state index in [1.54, 1.807) is 7.11 Å². The van der Waals surface area contributed by atoms with Crippen LogP contribution in [0.25, 0.3) is 44.2 Å². The number of carbonyl (C=O) groups excluding carboxylic acids is 3. The zero-order valence-electron chi connectivity index (χ0n) is 35.4. The Bertz CT molecular complexity index is 2510. The van der Waals surface area contributed by atoms with Crippen LogP contribution >= 0.6 is 0 Å². The Morgan fingerprint density at radius 2 is 1.32 bits per heavy atom. The summed E-state index contributed by atoms with van der Waals surface area (Å²) in [5, 5.41) is 8.20. The van der Waals surface area contributed by atoms with Crippen molar-refractivity contribution in [3.63, 3.8) is 0 Å². The molecule has 13 heteroatoms. The molecule has 2 saturated carbocycles. The summed E-state index contributed by atoms with van der Waals surface area (Å²) in [6.07, 6.45) is 6.94. The molecule has 4 fully saturated rings. The predicted octanol–water partition coefficient (Wildman–Crippen LogP) is 7.56. The van der Waals surface area contributed by atoms with Gasteiger partial charge in [0, 0.05) is 24.8 Å². The normalized spacial score (nSPS) is 24.1. The lowest BCUT2D eigenvalue weighted by Crippen LogP contribution is -2.56. The maximum Gasteiger partial charge on any atom is 0.407 e. The highest BCUT2D eigenvalue weighted by molar-refractivity contribution is 5.92. The molecule has 314 valence electrons. The van der Waals surface area contributed by atoms with Gasteiger partial charge in [-0.25, -0.2) is 14.8 Å². The number of methoxy groups -OCH3 is 2. The molecule has 3 aromatic carbocycles. The summed E-state index contributed by atoms with van der Waals surface area (Å²) in [6, 6.07) is 18.1. The molecular weight excluding hydrogens is 757 g/mol. The van der Waals surface area contributed by atoms with E-state index in [1.165, 1.54) is 7.11 Å². The number of benzene rings is 3. The third-order valence-corrected chi connectivity index (χ3v) is 13.9. The van der Waals surface area contributed by atoms with Gasteiger partial charge in [0.25, 0.3) is 0 Å². The second-order valence-corrected chi connectivity index (χ2v) is 18.3. The monoisotopic (exact) mass is 812 g/mol. The van der Waals surface area contributed by atoms with Crippen molar-refractivity contribution in [3.8, 4) is 22.4 Å².